The van der Waals surface area contributed by atoms with Crippen LogP contribution in [0.25, 0.3) is 0 Å². The zero-order valence-electron chi connectivity index (χ0n) is 20.1. The molecule has 0 fully saturated rings. The van der Waals surface area contributed by atoms with Gasteiger partial charge in [0.2, 0.25) is 0 Å². The molecule has 0 saturated heterocycles. The molecule has 5 heteroatoms. The first kappa shape index (κ1) is 25.9. The van der Waals surface area contributed by atoms with E-state index in [9.17, 15) is 4.79 Å². The normalized spacial score (nSPS) is 10.9. The molecule has 0 aromatic heterocycles. The van der Waals surface area contributed by atoms with Crippen molar-refractivity contribution in [1.82, 2.24) is 0 Å². The van der Waals surface area contributed by atoms with Crippen LogP contribution in [0.5, 0.6) is 5.75 Å². The maximum atomic E-state index is 12.4. The molecule has 0 amide bonds. The molecular weight excluding hydrogens is 579 g/mol. The number of rotatable bonds is 7. The Morgan fingerprint density at radius 1 is 0.778 bits per heavy atom. The summed E-state index contributed by atoms with van der Waals surface area (Å²) in [5, 5.41) is 0. The summed E-state index contributed by atoms with van der Waals surface area (Å²) in [6.45, 7) is 3.36. The second-order valence-electron chi connectivity index (χ2n) is 8.41. The van der Waals surface area contributed by atoms with E-state index in [0.29, 0.717) is 5.75 Å². The number of halogens is 1. The molecule has 180 valence electrons. The Hall–Kier alpha value is -3.21. The van der Waals surface area contributed by atoms with Gasteiger partial charge in [0.05, 0.1) is 10.9 Å². The van der Waals surface area contributed by atoms with Crippen molar-refractivity contribution in [2.24, 2.45) is 0 Å². The largest absolute Gasteiger partial charge is 0.482 e. The van der Waals surface area contributed by atoms with Crippen LogP contribution < -0.4 is 4.74 Å². The standard InChI is InChI=1S/C31H26IO3S/c1-31(2,22-21-24-11-9-10-16-29(24)32)35-30(33)23-34-25-17-19-28(20-18-25)36(26-12-5-3-6-13-26)27-14-7-4-8-15-27/h3-20H,23H2,1-2H3/q+1. The lowest BCUT2D eigenvalue weighted by Crippen LogP contribution is -2.29. The van der Waals surface area contributed by atoms with E-state index in [4.69, 9.17) is 9.47 Å². The van der Waals surface area contributed by atoms with Crippen LogP contribution in [-0.4, -0.2) is 18.2 Å². The van der Waals surface area contributed by atoms with Crippen LogP contribution in [0.1, 0.15) is 19.4 Å². The molecule has 0 heterocycles. The molecular formula is C31H26IO3S+. The molecule has 3 nitrogen and oxygen atoms in total. The lowest BCUT2D eigenvalue weighted by Gasteiger charge is -2.19. The second kappa shape index (κ2) is 12.2. The second-order valence-corrected chi connectivity index (χ2v) is 11.6. The van der Waals surface area contributed by atoms with Crippen molar-refractivity contribution in [3.8, 4) is 17.6 Å². The third-order valence-electron chi connectivity index (χ3n) is 5.11. The quantitative estimate of drug-likeness (QED) is 0.0973. The van der Waals surface area contributed by atoms with E-state index in [1.807, 2.05) is 48.5 Å². The van der Waals surface area contributed by atoms with Gasteiger partial charge < -0.3 is 9.47 Å². The van der Waals surface area contributed by atoms with E-state index >= 15 is 0 Å². The monoisotopic (exact) mass is 605 g/mol. The van der Waals surface area contributed by atoms with E-state index in [2.05, 4.69) is 95.1 Å². The molecule has 0 spiro atoms. The minimum absolute atomic E-state index is 0.184. The van der Waals surface area contributed by atoms with Crippen LogP contribution >= 0.6 is 22.6 Å². The average Bonchev–Trinajstić information content (AvgIpc) is 2.89. The van der Waals surface area contributed by atoms with Gasteiger partial charge in [0.1, 0.15) is 5.75 Å². The Bertz CT molecular complexity index is 1320. The molecule has 0 aliphatic rings. The van der Waals surface area contributed by atoms with Crippen molar-refractivity contribution in [2.45, 2.75) is 34.1 Å². The number of hydrogen-bond acceptors (Lipinski definition) is 3. The maximum absolute atomic E-state index is 12.4. The van der Waals surface area contributed by atoms with Crippen LogP contribution in [0, 0.1) is 15.4 Å². The smallest absolute Gasteiger partial charge is 0.345 e. The van der Waals surface area contributed by atoms with E-state index in [1.165, 1.54) is 14.7 Å². The summed E-state index contributed by atoms with van der Waals surface area (Å²) < 4.78 is 12.3. The van der Waals surface area contributed by atoms with Gasteiger partial charge in [-0.2, -0.15) is 0 Å². The lowest BCUT2D eigenvalue weighted by molar-refractivity contribution is -0.154. The van der Waals surface area contributed by atoms with Gasteiger partial charge in [-0.1, -0.05) is 60.4 Å². The number of carbonyl (C=O) groups excluding carboxylic acids is 1. The third-order valence-corrected chi connectivity index (χ3v) is 8.29. The van der Waals surface area contributed by atoms with Gasteiger partial charge in [-0.15, -0.1) is 0 Å². The molecule has 0 N–H and O–H groups in total. The summed E-state index contributed by atoms with van der Waals surface area (Å²) in [5.74, 6) is 6.30. The van der Waals surface area contributed by atoms with Crippen LogP contribution in [0.15, 0.2) is 124 Å². The van der Waals surface area contributed by atoms with E-state index in [-0.39, 0.29) is 17.5 Å². The predicted molar refractivity (Wildman–Crippen MR) is 153 cm³/mol. The van der Waals surface area contributed by atoms with Crippen molar-refractivity contribution in [3.63, 3.8) is 0 Å². The van der Waals surface area contributed by atoms with E-state index in [1.54, 1.807) is 13.8 Å². The Labute approximate surface area is 229 Å². The number of hydrogen-bond donors (Lipinski definition) is 0. The molecule has 4 aromatic carbocycles. The van der Waals surface area contributed by atoms with Crippen LogP contribution in [0.4, 0.5) is 0 Å². The molecule has 0 aliphatic heterocycles. The highest BCUT2D eigenvalue weighted by atomic mass is 127. The van der Waals surface area contributed by atoms with Gasteiger partial charge in [0, 0.05) is 9.13 Å². The fraction of sp³-hybridized carbons (Fsp3) is 0.129. The highest BCUT2D eigenvalue weighted by Gasteiger charge is 2.28. The number of carbonyl (C=O) groups is 1. The highest BCUT2D eigenvalue weighted by molar-refractivity contribution is 14.1. The average molecular weight is 606 g/mol. The number of benzene rings is 4. The minimum atomic E-state index is -0.928. The van der Waals surface area contributed by atoms with E-state index in [0.717, 1.165) is 9.13 Å². The minimum Gasteiger partial charge on any atom is -0.482 e. The topological polar surface area (TPSA) is 35.5 Å². The molecule has 0 radical (unpaired) electrons. The van der Waals surface area contributed by atoms with Crippen molar-refractivity contribution >= 4 is 39.5 Å². The molecule has 36 heavy (non-hydrogen) atoms. The molecule has 0 atom stereocenters. The Morgan fingerprint density at radius 3 is 1.89 bits per heavy atom. The Kier molecular flexibility index (Phi) is 8.74. The van der Waals surface area contributed by atoms with Gasteiger partial charge in [-0.05, 0) is 97.1 Å². The highest BCUT2D eigenvalue weighted by Crippen LogP contribution is 2.31. The lowest BCUT2D eigenvalue weighted by atomic mass is 10.1. The summed E-state index contributed by atoms with van der Waals surface area (Å²) in [5.41, 5.74) is -0.0216. The Balaban J connectivity index is 1.40. The summed E-state index contributed by atoms with van der Waals surface area (Å²) in [7, 11) is -0.232. The number of esters is 1. The SMILES string of the molecule is CC(C)(C#Cc1ccccc1I)OC(=O)COc1ccc([S+](c2ccccc2)c2ccccc2)cc1. The van der Waals surface area contributed by atoms with Gasteiger partial charge in [0.25, 0.3) is 0 Å². The van der Waals surface area contributed by atoms with Gasteiger partial charge >= 0.3 is 5.97 Å². The van der Waals surface area contributed by atoms with Crippen molar-refractivity contribution < 1.29 is 14.3 Å². The first-order valence-electron chi connectivity index (χ1n) is 11.5. The molecule has 0 bridgehead atoms. The molecule has 0 saturated carbocycles. The van der Waals surface area contributed by atoms with Gasteiger partial charge in [-0.25, -0.2) is 4.79 Å². The third kappa shape index (κ3) is 7.16. The zero-order valence-corrected chi connectivity index (χ0v) is 23.1. The molecule has 0 aliphatic carbocycles. The Morgan fingerprint density at radius 2 is 1.31 bits per heavy atom. The van der Waals surface area contributed by atoms with Gasteiger partial charge in [0.15, 0.2) is 26.9 Å². The first-order valence-corrected chi connectivity index (χ1v) is 13.8. The van der Waals surface area contributed by atoms with Crippen LogP contribution in [0.2, 0.25) is 0 Å². The number of ether oxygens (including phenoxy) is 2. The predicted octanol–water partition coefficient (Wildman–Crippen LogP) is 7.14. The van der Waals surface area contributed by atoms with Crippen molar-refractivity contribution in [3.05, 3.63) is 118 Å². The summed E-state index contributed by atoms with van der Waals surface area (Å²) in [6.07, 6.45) is 0. The maximum Gasteiger partial charge on any atom is 0.345 e. The van der Waals surface area contributed by atoms with Crippen LogP contribution in [0.3, 0.4) is 0 Å². The molecule has 4 aromatic rings. The fourth-order valence-electron chi connectivity index (χ4n) is 3.46. The summed E-state index contributed by atoms with van der Waals surface area (Å²) >= 11 is 2.24. The summed E-state index contributed by atoms with van der Waals surface area (Å²) in [4.78, 5) is 16.1. The van der Waals surface area contributed by atoms with Gasteiger partial charge in [-0.3, -0.25) is 0 Å². The fourth-order valence-corrected chi connectivity index (χ4v) is 6.06. The van der Waals surface area contributed by atoms with Crippen LogP contribution in [-0.2, 0) is 20.4 Å². The molecule has 4 rings (SSSR count). The molecule has 0 unspecified atom stereocenters. The van der Waals surface area contributed by atoms with Crippen molar-refractivity contribution in [1.29, 1.82) is 0 Å². The van der Waals surface area contributed by atoms with E-state index < -0.39 is 11.6 Å². The first-order chi connectivity index (χ1) is 17.4. The zero-order chi connectivity index (χ0) is 25.4. The van der Waals surface area contributed by atoms with Crippen molar-refractivity contribution in [2.75, 3.05) is 6.61 Å². The summed E-state index contributed by atoms with van der Waals surface area (Å²) in [6, 6.07) is 36.7.